The average molecular weight is 370 g/mol. The van der Waals surface area contributed by atoms with E-state index in [1.165, 1.54) is 12.1 Å². The van der Waals surface area contributed by atoms with Crippen molar-refractivity contribution in [3.8, 4) is 5.75 Å². The third kappa shape index (κ3) is 3.99. The molecule has 27 heavy (non-hydrogen) atoms. The highest BCUT2D eigenvalue weighted by molar-refractivity contribution is 5.97. The van der Waals surface area contributed by atoms with E-state index >= 15 is 0 Å². The Morgan fingerprint density at radius 2 is 1.74 bits per heavy atom. The number of methoxy groups -OCH3 is 1. The zero-order chi connectivity index (χ0) is 19.4. The molecule has 0 aliphatic carbocycles. The quantitative estimate of drug-likeness (QED) is 0.864. The molecule has 142 valence electrons. The van der Waals surface area contributed by atoms with Gasteiger partial charge in [0.25, 0.3) is 17.4 Å². The van der Waals surface area contributed by atoms with E-state index < -0.39 is 0 Å². The number of ether oxygens (including phenoxy) is 1. The van der Waals surface area contributed by atoms with Crippen molar-refractivity contribution in [3.05, 3.63) is 57.5 Å². The Kier molecular flexibility index (Phi) is 5.54. The van der Waals surface area contributed by atoms with Crippen molar-refractivity contribution in [2.24, 2.45) is 0 Å². The Morgan fingerprint density at radius 3 is 2.30 bits per heavy atom. The number of nitrogens with one attached hydrogen (secondary N) is 1. The van der Waals surface area contributed by atoms with Crippen LogP contribution >= 0.6 is 0 Å². The van der Waals surface area contributed by atoms with Crippen molar-refractivity contribution >= 4 is 11.8 Å². The monoisotopic (exact) mass is 370 g/mol. The molecular formula is C19H22N4O4. The first kappa shape index (κ1) is 18.6. The molecule has 2 heterocycles. The number of hydrogen-bond acceptors (Lipinski definition) is 5. The number of H-pyrrole nitrogens is 1. The summed E-state index contributed by atoms with van der Waals surface area (Å²) in [4.78, 5) is 39.8. The number of nitrogens with zero attached hydrogens (tertiary/aromatic N) is 3. The fourth-order valence-electron chi connectivity index (χ4n) is 3.05. The van der Waals surface area contributed by atoms with Crippen LogP contribution in [0.1, 0.15) is 33.3 Å². The maximum absolute atomic E-state index is 12.9. The lowest BCUT2D eigenvalue weighted by molar-refractivity contribution is 0.0529. The lowest BCUT2D eigenvalue weighted by atomic mass is 10.1. The van der Waals surface area contributed by atoms with Crippen LogP contribution in [0.2, 0.25) is 0 Å². The summed E-state index contributed by atoms with van der Waals surface area (Å²) >= 11 is 0. The summed E-state index contributed by atoms with van der Waals surface area (Å²) in [6.07, 6.45) is 0.832. The van der Waals surface area contributed by atoms with Gasteiger partial charge in [-0.1, -0.05) is 13.0 Å². The molecule has 1 N–H and O–H groups in total. The average Bonchev–Trinajstić information content (AvgIpc) is 2.73. The van der Waals surface area contributed by atoms with Crippen LogP contribution in [0.5, 0.6) is 5.75 Å². The van der Waals surface area contributed by atoms with Gasteiger partial charge in [-0.2, -0.15) is 5.10 Å². The first-order valence-electron chi connectivity index (χ1n) is 8.84. The minimum Gasteiger partial charge on any atom is -0.496 e. The number of rotatable bonds is 4. The molecule has 1 aliphatic rings. The van der Waals surface area contributed by atoms with Gasteiger partial charge in [-0.05, 0) is 30.2 Å². The molecule has 0 saturated carbocycles. The predicted octanol–water partition coefficient (Wildman–Crippen LogP) is 0.939. The number of hydrogen-bond donors (Lipinski definition) is 1. The largest absolute Gasteiger partial charge is 0.496 e. The van der Waals surface area contributed by atoms with Crippen LogP contribution in [0.15, 0.2) is 35.1 Å². The molecule has 1 aliphatic heterocycles. The van der Waals surface area contributed by atoms with Crippen LogP contribution < -0.4 is 10.3 Å². The third-order valence-electron chi connectivity index (χ3n) is 4.65. The summed E-state index contributed by atoms with van der Waals surface area (Å²) in [6.45, 7) is 3.69. The summed E-state index contributed by atoms with van der Waals surface area (Å²) < 4.78 is 5.33. The van der Waals surface area contributed by atoms with Gasteiger partial charge in [-0.15, -0.1) is 0 Å². The highest BCUT2D eigenvalue weighted by Crippen LogP contribution is 2.23. The molecule has 0 atom stereocenters. The minimum absolute atomic E-state index is 0.101. The van der Waals surface area contributed by atoms with Crippen LogP contribution in [0.3, 0.4) is 0 Å². The second-order valence-corrected chi connectivity index (χ2v) is 6.28. The molecular weight excluding hydrogens is 348 g/mol. The molecule has 8 nitrogen and oxygen atoms in total. The fraction of sp³-hybridized carbons (Fsp3) is 0.368. The first-order valence-corrected chi connectivity index (χ1v) is 8.84. The number of aromatic nitrogens is 2. The second kappa shape index (κ2) is 8.03. The Balaban J connectivity index is 1.68. The van der Waals surface area contributed by atoms with Gasteiger partial charge < -0.3 is 14.5 Å². The summed E-state index contributed by atoms with van der Waals surface area (Å²) in [6, 6.07) is 8.30. The number of piperazine rings is 1. The summed E-state index contributed by atoms with van der Waals surface area (Å²) in [5, 5.41) is 6.03. The van der Waals surface area contributed by atoms with E-state index in [1.807, 2.05) is 25.1 Å². The summed E-state index contributed by atoms with van der Waals surface area (Å²) in [5.74, 6) is 0.188. The highest BCUT2D eigenvalue weighted by Gasteiger charge is 2.27. The topological polar surface area (TPSA) is 95.6 Å². The Hall–Kier alpha value is -3.16. The number of benzene rings is 1. The van der Waals surface area contributed by atoms with Crippen LogP contribution in [-0.4, -0.2) is 65.1 Å². The lowest BCUT2D eigenvalue weighted by Crippen LogP contribution is -2.50. The van der Waals surface area contributed by atoms with Crippen molar-refractivity contribution in [2.75, 3.05) is 33.3 Å². The molecule has 2 aromatic rings. The molecule has 0 radical (unpaired) electrons. The Bertz CT molecular complexity index is 880. The second-order valence-electron chi connectivity index (χ2n) is 6.28. The molecule has 0 unspecified atom stereocenters. The van der Waals surface area contributed by atoms with E-state index in [4.69, 9.17) is 4.74 Å². The van der Waals surface area contributed by atoms with E-state index in [0.29, 0.717) is 37.5 Å². The predicted molar refractivity (Wildman–Crippen MR) is 99.0 cm³/mol. The van der Waals surface area contributed by atoms with Crippen molar-refractivity contribution < 1.29 is 14.3 Å². The Labute approximate surface area is 156 Å². The van der Waals surface area contributed by atoms with Crippen molar-refractivity contribution in [2.45, 2.75) is 13.3 Å². The zero-order valence-corrected chi connectivity index (χ0v) is 15.4. The van der Waals surface area contributed by atoms with Crippen LogP contribution in [0.4, 0.5) is 0 Å². The molecule has 3 rings (SSSR count). The maximum atomic E-state index is 12.9. The molecule has 1 saturated heterocycles. The molecule has 0 bridgehead atoms. The standard InChI is InChI=1S/C19H22N4O4/c1-3-13-4-6-16(27-2)14(12-13)18(25)22-8-10-23(11-9-22)19(26)15-5-7-17(24)21-20-15/h4-7,12H,3,8-11H2,1-2H3,(H,21,24). The van der Waals surface area contributed by atoms with E-state index in [1.54, 1.807) is 16.9 Å². The molecule has 8 heteroatoms. The van der Waals surface area contributed by atoms with Gasteiger partial charge in [0.2, 0.25) is 0 Å². The van der Waals surface area contributed by atoms with Crippen molar-refractivity contribution in [1.29, 1.82) is 0 Å². The Morgan fingerprint density at radius 1 is 1.07 bits per heavy atom. The zero-order valence-electron chi connectivity index (χ0n) is 15.4. The molecule has 2 amide bonds. The van der Waals surface area contributed by atoms with Gasteiger partial charge in [0.1, 0.15) is 11.4 Å². The SMILES string of the molecule is CCc1ccc(OC)c(C(=O)N2CCN(C(=O)c3ccc(=O)[nH]n3)CC2)c1. The fourth-order valence-corrected chi connectivity index (χ4v) is 3.05. The highest BCUT2D eigenvalue weighted by atomic mass is 16.5. The number of aromatic amines is 1. The molecule has 1 aromatic heterocycles. The van der Waals surface area contributed by atoms with Gasteiger partial charge in [0.05, 0.1) is 12.7 Å². The molecule has 0 spiro atoms. The third-order valence-corrected chi connectivity index (χ3v) is 4.65. The van der Waals surface area contributed by atoms with E-state index in [0.717, 1.165) is 12.0 Å². The smallest absolute Gasteiger partial charge is 0.274 e. The van der Waals surface area contributed by atoms with Crippen LogP contribution in [0.25, 0.3) is 0 Å². The van der Waals surface area contributed by atoms with Gasteiger partial charge in [0, 0.05) is 32.2 Å². The van der Waals surface area contributed by atoms with Gasteiger partial charge in [0.15, 0.2) is 0 Å². The van der Waals surface area contributed by atoms with Crippen molar-refractivity contribution in [1.82, 2.24) is 20.0 Å². The molecule has 1 fully saturated rings. The number of amides is 2. The normalized spacial score (nSPS) is 14.1. The van der Waals surface area contributed by atoms with Crippen LogP contribution in [0, 0.1) is 0 Å². The van der Waals surface area contributed by atoms with Crippen molar-refractivity contribution in [3.63, 3.8) is 0 Å². The van der Waals surface area contributed by atoms with E-state index in [9.17, 15) is 14.4 Å². The first-order chi connectivity index (χ1) is 13.0. The number of carbonyl (C=O) groups excluding carboxylic acids is 2. The summed E-state index contributed by atoms with van der Waals surface area (Å²) in [5.41, 5.74) is 1.44. The summed E-state index contributed by atoms with van der Waals surface area (Å²) in [7, 11) is 1.55. The maximum Gasteiger partial charge on any atom is 0.274 e. The van der Waals surface area contributed by atoms with Gasteiger partial charge in [-0.3, -0.25) is 14.4 Å². The van der Waals surface area contributed by atoms with Crippen LogP contribution in [-0.2, 0) is 6.42 Å². The lowest BCUT2D eigenvalue weighted by Gasteiger charge is -2.34. The number of aryl methyl sites for hydroxylation is 1. The van der Waals surface area contributed by atoms with E-state index in [-0.39, 0.29) is 23.1 Å². The molecule has 1 aromatic carbocycles. The minimum atomic E-state index is -0.356. The van der Waals surface area contributed by atoms with Gasteiger partial charge in [-0.25, -0.2) is 5.10 Å². The van der Waals surface area contributed by atoms with Gasteiger partial charge >= 0.3 is 0 Å². The van der Waals surface area contributed by atoms with E-state index in [2.05, 4.69) is 10.2 Å². The number of carbonyl (C=O) groups is 2.